The van der Waals surface area contributed by atoms with Crippen molar-refractivity contribution in [2.45, 2.75) is 6.92 Å². The quantitative estimate of drug-likeness (QED) is 0.645. The number of aryl methyl sites for hydroxylation is 1. The Kier molecular flexibility index (Phi) is 1.58. The second kappa shape index (κ2) is 2.91. The molecule has 74 valence electrons. The summed E-state index contributed by atoms with van der Waals surface area (Å²) in [5.74, 6) is 0.825. The van der Waals surface area contributed by atoms with E-state index in [1.807, 2.05) is 23.8 Å². The Labute approximate surface area is 85.8 Å². The maximum atomic E-state index is 4.24. The first-order valence-corrected chi connectivity index (χ1v) is 4.63. The van der Waals surface area contributed by atoms with Gasteiger partial charge < -0.3 is 4.98 Å². The van der Waals surface area contributed by atoms with Crippen molar-refractivity contribution in [1.29, 1.82) is 0 Å². The monoisotopic (exact) mass is 199 g/mol. The Morgan fingerprint density at radius 1 is 1.33 bits per heavy atom. The zero-order chi connectivity index (χ0) is 10.3. The maximum absolute atomic E-state index is 4.24. The molecule has 3 rings (SSSR count). The summed E-state index contributed by atoms with van der Waals surface area (Å²) < 4.78 is 1.86. The van der Waals surface area contributed by atoms with Gasteiger partial charge in [0, 0.05) is 18.1 Å². The van der Waals surface area contributed by atoms with E-state index in [-0.39, 0.29) is 0 Å². The first-order chi connectivity index (χ1) is 7.34. The van der Waals surface area contributed by atoms with Crippen molar-refractivity contribution in [3.8, 4) is 5.82 Å². The van der Waals surface area contributed by atoms with Crippen LogP contribution in [0.5, 0.6) is 0 Å². The number of rotatable bonds is 1. The van der Waals surface area contributed by atoms with Gasteiger partial charge >= 0.3 is 0 Å². The maximum Gasteiger partial charge on any atom is 0.165 e. The number of hydrogen-bond donors (Lipinski definition) is 1. The van der Waals surface area contributed by atoms with Crippen LogP contribution in [0, 0.1) is 6.92 Å². The largest absolute Gasteiger partial charge is 0.354 e. The minimum absolute atomic E-state index is 0.825. The molecule has 0 spiro atoms. The number of imidazole rings is 1. The third-order valence-corrected chi connectivity index (χ3v) is 2.28. The van der Waals surface area contributed by atoms with Crippen LogP contribution in [-0.4, -0.2) is 24.5 Å². The van der Waals surface area contributed by atoms with Crippen molar-refractivity contribution >= 4 is 11.0 Å². The van der Waals surface area contributed by atoms with Crippen LogP contribution in [0.1, 0.15) is 5.69 Å². The number of aromatic amines is 1. The lowest BCUT2D eigenvalue weighted by Crippen LogP contribution is -1.96. The Hall–Kier alpha value is -2.17. The molecule has 0 saturated heterocycles. The molecule has 0 aliphatic rings. The van der Waals surface area contributed by atoms with Gasteiger partial charge in [-0.15, -0.1) is 0 Å². The van der Waals surface area contributed by atoms with Crippen molar-refractivity contribution in [1.82, 2.24) is 24.5 Å². The highest BCUT2D eigenvalue weighted by Crippen LogP contribution is 2.17. The summed E-state index contributed by atoms with van der Waals surface area (Å²) in [6, 6.07) is 2.00. The average Bonchev–Trinajstić information content (AvgIpc) is 2.82. The van der Waals surface area contributed by atoms with Crippen LogP contribution < -0.4 is 0 Å². The second-order valence-electron chi connectivity index (χ2n) is 3.38. The Morgan fingerprint density at radius 2 is 2.27 bits per heavy atom. The third-order valence-electron chi connectivity index (χ3n) is 2.28. The van der Waals surface area contributed by atoms with Crippen molar-refractivity contribution < 1.29 is 0 Å². The molecule has 0 fully saturated rings. The molecule has 0 aromatic carbocycles. The highest BCUT2D eigenvalue weighted by Gasteiger charge is 2.06. The van der Waals surface area contributed by atoms with Crippen LogP contribution in [0.4, 0.5) is 0 Å². The van der Waals surface area contributed by atoms with Gasteiger partial charge in [-0.25, -0.2) is 15.0 Å². The van der Waals surface area contributed by atoms with E-state index in [0.717, 1.165) is 22.5 Å². The fourth-order valence-electron chi connectivity index (χ4n) is 1.64. The lowest BCUT2D eigenvalue weighted by Gasteiger charge is -2.00. The molecule has 0 saturated carbocycles. The fourth-order valence-corrected chi connectivity index (χ4v) is 1.64. The lowest BCUT2D eigenvalue weighted by molar-refractivity contribution is 0.987. The number of nitrogens with zero attached hydrogens (tertiary/aromatic N) is 4. The van der Waals surface area contributed by atoms with Crippen molar-refractivity contribution in [3.05, 3.63) is 36.8 Å². The molecule has 3 aromatic rings. The van der Waals surface area contributed by atoms with Gasteiger partial charge in [0.2, 0.25) is 0 Å². The molecule has 0 bridgehead atoms. The van der Waals surface area contributed by atoms with Crippen LogP contribution in [0.25, 0.3) is 16.9 Å². The van der Waals surface area contributed by atoms with E-state index in [2.05, 4.69) is 19.9 Å². The first kappa shape index (κ1) is 8.16. The predicted octanol–water partition coefficient (Wildman–Crippen LogP) is 1.45. The fraction of sp³-hybridized carbons (Fsp3) is 0.100. The molecular formula is C10H9N5. The van der Waals surface area contributed by atoms with E-state index in [1.54, 1.807) is 18.9 Å². The van der Waals surface area contributed by atoms with Gasteiger partial charge in [0.15, 0.2) is 5.82 Å². The van der Waals surface area contributed by atoms with Gasteiger partial charge in [0.05, 0.1) is 5.52 Å². The van der Waals surface area contributed by atoms with E-state index in [4.69, 9.17) is 0 Å². The number of nitrogens with one attached hydrogen (secondary N) is 1. The number of fused-ring (bicyclic) bond motifs is 1. The molecule has 5 nitrogen and oxygen atoms in total. The van der Waals surface area contributed by atoms with Gasteiger partial charge in [-0.2, -0.15) is 0 Å². The summed E-state index contributed by atoms with van der Waals surface area (Å²) in [7, 11) is 0. The van der Waals surface area contributed by atoms with Crippen LogP contribution >= 0.6 is 0 Å². The minimum Gasteiger partial charge on any atom is -0.354 e. The molecule has 5 heteroatoms. The molecule has 3 heterocycles. The van der Waals surface area contributed by atoms with Crippen LogP contribution in [0.2, 0.25) is 0 Å². The van der Waals surface area contributed by atoms with Gasteiger partial charge in [-0.3, -0.25) is 4.57 Å². The molecular weight excluding hydrogens is 190 g/mol. The minimum atomic E-state index is 0.825. The van der Waals surface area contributed by atoms with Gasteiger partial charge in [0.1, 0.15) is 18.2 Å². The molecule has 0 unspecified atom stereocenters. The Balaban J connectivity index is 2.35. The predicted molar refractivity (Wildman–Crippen MR) is 55.7 cm³/mol. The number of hydrogen-bond acceptors (Lipinski definition) is 3. The zero-order valence-corrected chi connectivity index (χ0v) is 8.18. The standard InChI is InChI=1S/C10H9N5/c1-7-4-8-9(14-7)10(13-5-12-8)15-3-2-11-6-15/h2-6,14H,1H3. The molecule has 3 aromatic heterocycles. The van der Waals surface area contributed by atoms with E-state index in [9.17, 15) is 0 Å². The molecule has 0 aliphatic carbocycles. The Morgan fingerprint density at radius 3 is 3.07 bits per heavy atom. The molecule has 0 atom stereocenters. The van der Waals surface area contributed by atoms with Gasteiger partial charge in [0.25, 0.3) is 0 Å². The zero-order valence-electron chi connectivity index (χ0n) is 8.18. The van der Waals surface area contributed by atoms with Crippen LogP contribution in [0.3, 0.4) is 0 Å². The third kappa shape index (κ3) is 1.20. The first-order valence-electron chi connectivity index (χ1n) is 4.63. The van der Waals surface area contributed by atoms with E-state index in [0.29, 0.717) is 0 Å². The van der Waals surface area contributed by atoms with Crippen LogP contribution in [-0.2, 0) is 0 Å². The van der Waals surface area contributed by atoms with Crippen LogP contribution in [0.15, 0.2) is 31.1 Å². The van der Waals surface area contributed by atoms with E-state index < -0.39 is 0 Å². The SMILES string of the molecule is Cc1cc2ncnc(-n3ccnc3)c2[nH]1. The van der Waals surface area contributed by atoms with E-state index >= 15 is 0 Å². The molecule has 1 N–H and O–H groups in total. The highest BCUT2D eigenvalue weighted by molar-refractivity contribution is 5.82. The normalized spacial score (nSPS) is 11.0. The molecule has 0 aliphatic heterocycles. The number of aromatic nitrogens is 5. The Bertz CT molecular complexity index is 593. The summed E-state index contributed by atoms with van der Waals surface area (Å²) in [5, 5.41) is 0. The summed E-state index contributed by atoms with van der Waals surface area (Å²) >= 11 is 0. The van der Waals surface area contributed by atoms with E-state index in [1.165, 1.54) is 0 Å². The molecule has 0 amide bonds. The summed E-state index contributed by atoms with van der Waals surface area (Å²) in [6.45, 7) is 2.00. The average molecular weight is 199 g/mol. The number of H-pyrrole nitrogens is 1. The summed E-state index contributed by atoms with van der Waals surface area (Å²) in [4.78, 5) is 15.7. The van der Waals surface area contributed by atoms with Crippen molar-refractivity contribution in [2.24, 2.45) is 0 Å². The van der Waals surface area contributed by atoms with Crippen molar-refractivity contribution in [2.75, 3.05) is 0 Å². The smallest absolute Gasteiger partial charge is 0.165 e. The highest BCUT2D eigenvalue weighted by atomic mass is 15.1. The lowest BCUT2D eigenvalue weighted by atomic mass is 10.4. The topological polar surface area (TPSA) is 59.4 Å². The second-order valence-corrected chi connectivity index (χ2v) is 3.38. The van der Waals surface area contributed by atoms with Gasteiger partial charge in [-0.1, -0.05) is 0 Å². The summed E-state index contributed by atoms with van der Waals surface area (Å²) in [6.07, 6.45) is 6.87. The van der Waals surface area contributed by atoms with Gasteiger partial charge in [-0.05, 0) is 13.0 Å². The molecule has 15 heavy (non-hydrogen) atoms. The van der Waals surface area contributed by atoms with Crippen molar-refractivity contribution in [3.63, 3.8) is 0 Å². The molecule has 0 radical (unpaired) electrons. The summed E-state index contributed by atoms with van der Waals surface area (Å²) in [5.41, 5.74) is 2.94.